The summed E-state index contributed by atoms with van der Waals surface area (Å²) in [5.74, 6) is 1.19. The van der Waals surface area contributed by atoms with Gasteiger partial charge in [0, 0.05) is 44.7 Å². The fraction of sp³-hybridized carbons (Fsp3) is 0.526. The predicted octanol–water partition coefficient (Wildman–Crippen LogP) is 2.09. The second-order valence-corrected chi connectivity index (χ2v) is 6.52. The quantitative estimate of drug-likeness (QED) is 0.717. The van der Waals surface area contributed by atoms with Gasteiger partial charge >= 0.3 is 0 Å². The van der Waals surface area contributed by atoms with Gasteiger partial charge in [0.25, 0.3) is 0 Å². The molecule has 0 aliphatic carbocycles. The molecule has 1 aliphatic heterocycles. The second-order valence-electron chi connectivity index (χ2n) is 6.52. The molecule has 1 saturated heterocycles. The average Bonchev–Trinajstić information content (AvgIpc) is 3.14. The Kier molecular flexibility index (Phi) is 6.72. The van der Waals surface area contributed by atoms with Crippen LogP contribution in [0.1, 0.15) is 17.9 Å². The molecule has 0 bridgehead atoms. The molecule has 138 valence electrons. The molecule has 0 atom stereocenters. The van der Waals surface area contributed by atoms with Crippen molar-refractivity contribution in [2.45, 2.75) is 19.9 Å². The van der Waals surface area contributed by atoms with E-state index in [2.05, 4.69) is 26.0 Å². The minimum Gasteiger partial charge on any atom is -0.379 e. The van der Waals surface area contributed by atoms with Gasteiger partial charge < -0.3 is 9.26 Å². The Bertz CT molecular complexity index is 716. The van der Waals surface area contributed by atoms with Crippen molar-refractivity contribution in [2.75, 3.05) is 45.9 Å². The summed E-state index contributed by atoms with van der Waals surface area (Å²) >= 11 is 0. The lowest BCUT2D eigenvalue weighted by Crippen LogP contribution is -2.41. The Morgan fingerprint density at radius 1 is 1.19 bits per heavy atom. The lowest BCUT2D eigenvalue weighted by atomic mass is 10.1. The van der Waals surface area contributed by atoms with Gasteiger partial charge in [-0.1, -0.05) is 35.0 Å². The Hall–Kier alpha value is -2.27. The summed E-state index contributed by atoms with van der Waals surface area (Å²) in [6.45, 7) is 8.64. The number of rotatable bonds is 8. The van der Waals surface area contributed by atoms with Crippen molar-refractivity contribution in [3.05, 3.63) is 35.7 Å². The molecule has 7 nitrogen and oxygen atoms in total. The molecule has 26 heavy (non-hydrogen) atoms. The van der Waals surface area contributed by atoms with Crippen molar-refractivity contribution in [1.29, 1.82) is 5.26 Å². The highest BCUT2D eigenvalue weighted by atomic mass is 16.5. The fourth-order valence-corrected chi connectivity index (χ4v) is 2.92. The van der Waals surface area contributed by atoms with Crippen LogP contribution >= 0.6 is 0 Å². The van der Waals surface area contributed by atoms with E-state index in [1.54, 1.807) is 0 Å². The Morgan fingerprint density at radius 3 is 2.69 bits per heavy atom. The molecular formula is C19H25N5O2. The average molecular weight is 355 g/mol. The van der Waals surface area contributed by atoms with Gasteiger partial charge in [0.2, 0.25) is 11.7 Å². The molecule has 1 fully saturated rings. The molecule has 3 rings (SSSR count). The molecule has 0 N–H and O–H groups in total. The summed E-state index contributed by atoms with van der Waals surface area (Å²) in [5.41, 5.74) is 2.14. The van der Waals surface area contributed by atoms with Crippen LogP contribution in [0.15, 0.2) is 28.8 Å². The number of benzene rings is 1. The third-order valence-corrected chi connectivity index (χ3v) is 4.51. The monoisotopic (exact) mass is 355 g/mol. The smallest absolute Gasteiger partial charge is 0.241 e. The molecule has 0 spiro atoms. The Labute approximate surface area is 154 Å². The third kappa shape index (κ3) is 5.36. The summed E-state index contributed by atoms with van der Waals surface area (Å²) in [7, 11) is 0. The molecule has 7 heteroatoms. The molecule has 1 aliphatic rings. The molecular weight excluding hydrogens is 330 g/mol. The lowest BCUT2D eigenvalue weighted by molar-refractivity contribution is 0.0325. The van der Waals surface area contributed by atoms with Gasteiger partial charge in [-0.15, -0.1) is 0 Å². The van der Waals surface area contributed by atoms with Gasteiger partial charge in [0.05, 0.1) is 25.8 Å². The van der Waals surface area contributed by atoms with Crippen LogP contribution in [-0.4, -0.2) is 65.9 Å². The van der Waals surface area contributed by atoms with E-state index >= 15 is 0 Å². The highest BCUT2D eigenvalue weighted by Crippen LogP contribution is 2.17. The van der Waals surface area contributed by atoms with E-state index in [0.29, 0.717) is 31.2 Å². The summed E-state index contributed by atoms with van der Waals surface area (Å²) in [5, 5.41) is 13.0. The Balaban J connectivity index is 1.59. The number of nitrogens with zero attached hydrogens (tertiary/aromatic N) is 5. The molecule has 1 aromatic carbocycles. The molecule has 1 aromatic heterocycles. The highest BCUT2D eigenvalue weighted by molar-refractivity contribution is 5.54. The van der Waals surface area contributed by atoms with Crippen LogP contribution in [0.25, 0.3) is 11.4 Å². The number of morpholine rings is 1. The summed E-state index contributed by atoms with van der Waals surface area (Å²) in [4.78, 5) is 9.10. The van der Waals surface area contributed by atoms with Crippen LogP contribution in [0.5, 0.6) is 0 Å². The van der Waals surface area contributed by atoms with Gasteiger partial charge in [-0.25, -0.2) is 0 Å². The van der Waals surface area contributed by atoms with E-state index in [4.69, 9.17) is 14.5 Å². The number of ether oxygens (including phenoxy) is 1. The van der Waals surface area contributed by atoms with Crippen LogP contribution in [0.4, 0.5) is 0 Å². The van der Waals surface area contributed by atoms with Crippen LogP contribution in [0.3, 0.4) is 0 Å². The van der Waals surface area contributed by atoms with Crippen LogP contribution in [0, 0.1) is 18.3 Å². The van der Waals surface area contributed by atoms with Crippen molar-refractivity contribution < 1.29 is 9.26 Å². The maximum Gasteiger partial charge on any atom is 0.241 e. The first-order valence-electron chi connectivity index (χ1n) is 9.03. The predicted molar refractivity (Wildman–Crippen MR) is 97.2 cm³/mol. The van der Waals surface area contributed by atoms with Crippen LogP contribution in [0.2, 0.25) is 0 Å². The fourth-order valence-electron chi connectivity index (χ4n) is 2.92. The van der Waals surface area contributed by atoms with Crippen molar-refractivity contribution in [3.8, 4) is 17.5 Å². The second kappa shape index (κ2) is 9.43. The van der Waals surface area contributed by atoms with Crippen molar-refractivity contribution in [1.82, 2.24) is 19.9 Å². The number of aryl methyl sites for hydroxylation is 1. The number of hydrogen-bond donors (Lipinski definition) is 0. The summed E-state index contributed by atoms with van der Waals surface area (Å²) in [6.07, 6.45) is 0.488. The van der Waals surface area contributed by atoms with E-state index in [9.17, 15) is 0 Å². The molecule has 0 saturated carbocycles. The normalized spacial score (nSPS) is 15.3. The first kappa shape index (κ1) is 18.5. The van der Waals surface area contributed by atoms with Gasteiger partial charge in [0.1, 0.15) is 0 Å². The highest BCUT2D eigenvalue weighted by Gasteiger charge is 2.16. The number of hydrogen-bond acceptors (Lipinski definition) is 7. The standard InChI is InChI=1S/C19H25N5O2/c1-16-3-5-17(6-4-16)19-21-18(26-22-19)15-24(8-2-7-20)10-9-23-11-13-25-14-12-23/h3-6H,2,8-15H2,1H3. The van der Waals surface area contributed by atoms with Gasteiger partial charge in [-0.05, 0) is 6.92 Å². The number of aromatic nitrogens is 2. The van der Waals surface area contributed by atoms with Crippen molar-refractivity contribution in [2.24, 2.45) is 0 Å². The largest absolute Gasteiger partial charge is 0.379 e. The van der Waals surface area contributed by atoms with Crippen molar-refractivity contribution in [3.63, 3.8) is 0 Å². The van der Waals surface area contributed by atoms with Crippen LogP contribution in [-0.2, 0) is 11.3 Å². The molecule has 2 aromatic rings. The zero-order valence-corrected chi connectivity index (χ0v) is 15.2. The zero-order chi connectivity index (χ0) is 18.2. The molecule has 2 heterocycles. The van der Waals surface area contributed by atoms with Gasteiger partial charge in [0.15, 0.2) is 0 Å². The maximum atomic E-state index is 8.92. The van der Waals surface area contributed by atoms with E-state index in [0.717, 1.165) is 45.0 Å². The van der Waals surface area contributed by atoms with E-state index in [1.807, 2.05) is 31.2 Å². The van der Waals surface area contributed by atoms with E-state index in [-0.39, 0.29) is 0 Å². The van der Waals surface area contributed by atoms with Crippen LogP contribution < -0.4 is 0 Å². The molecule has 0 amide bonds. The topological polar surface area (TPSA) is 78.4 Å². The lowest BCUT2D eigenvalue weighted by Gasteiger charge is -2.29. The summed E-state index contributed by atoms with van der Waals surface area (Å²) < 4.78 is 10.8. The Morgan fingerprint density at radius 2 is 1.96 bits per heavy atom. The third-order valence-electron chi connectivity index (χ3n) is 4.51. The maximum absolute atomic E-state index is 8.92. The first-order valence-corrected chi connectivity index (χ1v) is 9.03. The first-order chi connectivity index (χ1) is 12.7. The van der Waals surface area contributed by atoms with E-state index in [1.165, 1.54) is 5.56 Å². The minimum atomic E-state index is 0.488. The minimum absolute atomic E-state index is 0.488. The number of nitriles is 1. The van der Waals surface area contributed by atoms with Gasteiger partial charge in [-0.2, -0.15) is 10.2 Å². The summed E-state index contributed by atoms with van der Waals surface area (Å²) in [6, 6.07) is 10.3. The van der Waals surface area contributed by atoms with E-state index < -0.39 is 0 Å². The molecule has 0 radical (unpaired) electrons. The molecule has 0 unspecified atom stereocenters. The SMILES string of the molecule is Cc1ccc(-c2noc(CN(CCC#N)CCN3CCOCC3)n2)cc1. The zero-order valence-electron chi connectivity index (χ0n) is 15.2. The van der Waals surface area contributed by atoms with Crippen molar-refractivity contribution >= 4 is 0 Å². The van der Waals surface area contributed by atoms with Gasteiger partial charge in [-0.3, -0.25) is 9.80 Å².